The van der Waals surface area contributed by atoms with E-state index in [1.807, 2.05) is 13.0 Å². The average Bonchev–Trinajstić information content (AvgIpc) is 2.72. The summed E-state index contributed by atoms with van der Waals surface area (Å²) < 4.78 is 5.27. The van der Waals surface area contributed by atoms with Gasteiger partial charge in [-0.25, -0.2) is 0 Å². The summed E-state index contributed by atoms with van der Waals surface area (Å²) in [5.41, 5.74) is 0.962. The lowest BCUT2D eigenvalue weighted by Crippen LogP contribution is -2.42. The second kappa shape index (κ2) is 5.87. The predicted octanol–water partition coefficient (Wildman–Crippen LogP) is 3.53. The molecule has 1 saturated carbocycles. The van der Waals surface area contributed by atoms with Crippen molar-refractivity contribution in [3.8, 4) is 0 Å². The largest absolute Gasteiger partial charge is 0.360 e. The summed E-state index contributed by atoms with van der Waals surface area (Å²) in [7, 11) is 0. The number of nitrogens with zero attached hydrogens (tertiary/aromatic N) is 1. The van der Waals surface area contributed by atoms with Crippen molar-refractivity contribution in [3.05, 3.63) is 17.5 Å². The van der Waals surface area contributed by atoms with Crippen LogP contribution in [0.15, 0.2) is 10.6 Å². The van der Waals surface area contributed by atoms with Gasteiger partial charge >= 0.3 is 0 Å². The minimum Gasteiger partial charge on any atom is -0.360 e. The van der Waals surface area contributed by atoms with Crippen LogP contribution in [0, 0.1) is 24.7 Å². The molecule has 3 atom stereocenters. The van der Waals surface area contributed by atoms with Crippen molar-refractivity contribution < 1.29 is 4.52 Å². The van der Waals surface area contributed by atoms with Gasteiger partial charge in [0.2, 0.25) is 0 Å². The van der Waals surface area contributed by atoms with E-state index in [4.69, 9.17) is 4.52 Å². The SMILES string of the molecule is Cc1cc(CNC2CC(C)CCC2C(C)C)on1. The zero-order chi connectivity index (χ0) is 13.1. The van der Waals surface area contributed by atoms with Crippen LogP contribution in [-0.4, -0.2) is 11.2 Å². The molecule has 1 heterocycles. The highest BCUT2D eigenvalue weighted by atomic mass is 16.5. The van der Waals surface area contributed by atoms with E-state index in [1.54, 1.807) is 0 Å². The third-order valence-corrected chi connectivity index (χ3v) is 4.24. The molecule has 3 nitrogen and oxygen atoms in total. The Hall–Kier alpha value is -0.830. The smallest absolute Gasteiger partial charge is 0.150 e. The van der Waals surface area contributed by atoms with E-state index in [-0.39, 0.29) is 0 Å². The van der Waals surface area contributed by atoms with E-state index in [1.165, 1.54) is 19.3 Å². The highest BCUT2D eigenvalue weighted by Gasteiger charge is 2.30. The molecule has 1 fully saturated rings. The van der Waals surface area contributed by atoms with Gasteiger partial charge in [0, 0.05) is 12.1 Å². The molecule has 3 heteroatoms. The second-order valence-corrected chi connectivity index (χ2v) is 6.25. The molecule has 0 spiro atoms. The van der Waals surface area contributed by atoms with E-state index < -0.39 is 0 Å². The zero-order valence-electron chi connectivity index (χ0n) is 12.1. The standard InChI is InChI=1S/C15H26N2O/c1-10(2)14-6-5-11(3)7-15(14)16-9-13-8-12(4)17-18-13/h8,10-11,14-16H,5-7,9H2,1-4H3. The molecule has 0 amide bonds. The molecular weight excluding hydrogens is 224 g/mol. The van der Waals surface area contributed by atoms with Crippen molar-refractivity contribution in [2.45, 2.75) is 59.5 Å². The normalized spacial score (nSPS) is 28.8. The van der Waals surface area contributed by atoms with Crippen LogP contribution in [0.2, 0.25) is 0 Å². The van der Waals surface area contributed by atoms with Gasteiger partial charge in [0.05, 0.1) is 12.2 Å². The summed E-state index contributed by atoms with van der Waals surface area (Å²) in [6.45, 7) is 9.82. The molecular formula is C15H26N2O. The Morgan fingerprint density at radius 3 is 2.83 bits per heavy atom. The molecule has 0 aliphatic heterocycles. The van der Waals surface area contributed by atoms with Crippen molar-refractivity contribution in [3.63, 3.8) is 0 Å². The Morgan fingerprint density at radius 2 is 2.22 bits per heavy atom. The zero-order valence-corrected chi connectivity index (χ0v) is 12.1. The van der Waals surface area contributed by atoms with Gasteiger partial charge in [0.1, 0.15) is 0 Å². The first kappa shape index (κ1) is 13.6. The van der Waals surface area contributed by atoms with Crippen molar-refractivity contribution in [2.75, 3.05) is 0 Å². The van der Waals surface area contributed by atoms with Gasteiger partial charge in [0.25, 0.3) is 0 Å². The maximum atomic E-state index is 5.27. The summed E-state index contributed by atoms with van der Waals surface area (Å²) in [6, 6.07) is 2.64. The Kier molecular flexibility index (Phi) is 4.44. The fraction of sp³-hybridized carbons (Fsp3) is 0.800. The van der Waals surface area contributed by atoms with Crippen LogP contribution >= 0.6 is 0 Å². The van der Waals surface area contributed by atoms with Gasteiger partial charge in [-0.1, -0.05) is 32.3 Å². The van der Waals surface area contributed by atoms with E-state index in [0.717, 1.165) is 35.8 Å². The lowest BCUT2D eigenvalue weighted by atomic mass is 9.74. The summed E-state index contributed by atoms with van der Waals surface area (Å²) in [5.74, 6) is 3.35. The first-order valence-electron chi connectivity index (χ1n) is 7.22. The molecule has 1 aromatic heterocycles. The molecule has 1 aliphatic carbocycles. The molecule has 0 radical (unpaired) electrons. The van der Waals surface area contributed by atoms with Crippen molar-refractivity contribution in [1.82, 2.24) is 10.5 Å². The van der Waals surface area contributed by atoms with Crippen LogP contribution in [0.25, 0.3) is 0 Å². The lowest BCUT2D eigenvalue weighted by Gasteiger charge is -2.37. The van der Waals surface area contributed by atoms with Gasteiger partial charge in [-0.3, -0.25) is 0 Å². The predicted molar refractivity (Wildman–Crippen MR) is 73.2 cm³/mol. The Morgan fingerprint density at radius 1 is 1.44 bits per heavy atom. The van der Waals surface area contributed by atoms with E-state index >= 15 is 0 Å². The van der Waals surface area contributed by atoms with Crippen LogP contribution in [0.4, 0.5) is 0 Å². The maximum Gasteiger partial charge on any atom is 0.150 e. The van der Waals surface area contributed by atoms with E-state index in [0.29, 0.717) is 6.04 Å². The fourth-order valence-electron chi connectivity index (χ4n) is 3.17. The minimum absolute atomic E-state index is 0.624. The summed E-state index contributed by atoms with van der Waals surface area (Å²) in [4.78, 5) is 0. The monoisotopic (exact) mass is 250 g/mol. The van der Waals surface area contributed by atoms with Gasteiger partial charge in [-0.2, -0.15) is 0 Å². The Labute approximate surface area is 110 Å². The van der Waals surface area contributed by atoms with E-state index in [9.17, 15) is 0 Å². The number of aromatic nitrogens is 1. The summed E-state index contributed by atoms with van der Waals surface area (Å²) >= 11 is 0. The molecule has 18 heavy (non-hydrogen) atoms. The van der Waals surface area contributed by atoms with Crippen molar-refractivity contribution in [2.24, 2.45) is 17.8 Å². The first-order chi connectivity index (χ1) is 8.56. The van der Waals surface area contributed by atoms with Gasteiger partial charge < -0.3 is 9.84 Å². The van der Waals surface area contributed by atoms with E-state index in [2.05, 4.69) is 31.2 Å². The van der Waals surface area contributed by atoms with Crippen molar-refractivity contribution >= 4 is 0 Å². The minimum atomic E-state index is 0.624. The Bertz CT molecular complexity index is 372. The number of rotatable bonds is 4. The Balaban J connectivity index is 1.92. The number of hydrogen-bond donors (Lipinski definition) is 1. The lowest BCUT2D eigenvalue weighted by molar-refractivity contribution is 0.165. The van der Waals surface area contributed by atoms with Crippen molar-refractivity contribution in [1.29, 1.82) is 0 Å². The van der Waals surface area contributed by atoms with Crippen LogP contribution < -0.4 is 5.32 Å². The van der Waals surface area contributed by atoms with Crippen LogP contribution in [0.1, 0.15) is 51.5 Å². The molecule has 2 rings (SSSR count). The van der Waals surface area contributed by atoms with Crippen LogP contribution in [0.3, 0.4) is 0 Å². The molecule has 0 aromatic carbocycles. The fourth-order valence-corrected chi connectivity index (χ4v) is 3.17. The molecule has 1 aromatic rings. The number of hydrogen-bond acceptors (Lipinski definition) is 3. The van der Waals surface area contributed by atoms with Crippen LogP contribution in [-0.2, 0) is 6.54 Å². The molecule has 0 saturated heterocycles. The summed E-state index contributed by atoms with van der Waals surface area (Å²) in [6.07, 6.45) is 4.02. The topological polar surface area (TPSA) is 38.1 Å². The van der Waals surface area contributed by atoms with Gasteiger partial charge in [-0.15, -0.1) is 0 Å². The maximum absolute atomic E-state index is 5.27. The third-order valence-electron chi connectivity index (χ3n) is 4.24. The highest BCUT2D eigenvalue weighted by molar-refractivity contribution is 5.03. The molecule has 102 valence electrons. The van der Waals surface area contributed by atoms with Gasteiger partial charge in [-0.05, 0) is 37.5 Å². The second-order valence-electron chi connectivity index (χ2n) is 6.25. The molecule has 0 bridgehead atoms. The quantitative estimate of drug-likeness (QED) is 0.888. The van der Waals surface area contributed by atoms with Crippen LogP contribution in [0.5, 0.6) is 0 Å². The average molecular weight is 250 g/mol. The number of nitrogens with one attached hydrogen (secondary N) is 1. The molecule has 3 unspecified atom stereocenters. The summed E-state index contributed by atoms with van der Waals surface area (Å²) in [5, 5.41) is 7.61. The molecule has 1 aliphatic rings. The number of aryl methyl sites for hydroxylation is 1. The van der Waals surface area contributed by atoms with Gasteiger partial charge in [0.15, 0.2) is 5.76 Å². The first-order valence-corrected chi connectivity index (χ1v) is 7.22. The molecule has 1 N–H and O–H groups in total. The third kappa shape index (κ3) is 3.35. The highest BCUT2D eigenvalue weighted by Crippen LogP contribution is 2.33.